The number of hydrogen-bond donors (Lipinski definition) is 2. The van der Waals surface area contributed by atoms with Crippen molar-refractivity contribution in [2.24, 2.45) is 0 Å². The van der Waals surface area contributed by atoms with E-state index in [1.807, 2.05) is 0 Å². The lowest BCUT2D eigenvalue weighted by Crippen LogP contribution is -2.09. The third kappa shape index (κ3) is 12.5. The fraction of sp³-hybridized carbons (Fsp3) is 0.538. The Labute approximate surface area is 188 Å². The highest BCUT2D eigenvalue weighted by Gasteiger charge is 2.07. The molecule has 174 valence electrons. The highest BCUT2D eigenvalue weighted by Crippen LogP contribution is 2.29. The van der Waals surface area contributed by atoms with Crippen LogP contribution in [0.4, 0.5) is 0 Å². The van der Waals surface area contributed by atoms with Crippen LogP contribution in [0.5, 0.6) is 11.5 Å². The van der Waals surface area contributed by atoms with Crippen molar-refractivity contribution < 1.29 is 24.4 Å². The zero-order valence-electron chi connectivity index (χ0n) is 19.2. The fourth-order valence-corrected chi connectivity index (χ4v) is 2.92. The maximum absolute atomic E-state index is 8.26. The quantitative estimate of drug-likeness (QED) is 0.380. The van der Waals surface area contributed by atoms with Crippen LogP contribution < -0.4 is 4.74 Å². The molecule has 2 N–H and O–H groups in total. The first-order chi connectivity index (χ1) is 15.3. The Morgan fingerprint density at radius 1 is 0.613 bits per heavy atom. The minimum absolute atomic E-state index is 0.0417. The summed E-state index contributed by atoms with van der Waals surface area (Å²) in [5.74, 6) is 2.02. The number of aliphatic hydroxyl groups is 2. The van der Waals surface area contributed by atoms with Gasteiger partial charge in [0.05, 0.1) is 39.6 Å². The highest BCUT2D eigenvalue weighted by atomic mass is 16.5. The molecule has 0 saturated heterocycles. The molecule has 2 rings (SSSR count). The molecule has 5 heteroatoms. The zero-order chi connectivity index (χ0) is 22.6. The van der Waals surface area contributed by atoms with E-state index in [2.05, 4.69) is 62.4 Å². The number of para-hydroxylation sites is 2. The van der Waals surface area contributed by atoms with Gasteiger partial charge >= 0.3 is 0 Å². The molecule has 0 radical (unpaired) electrons. The predicted octanol–water partition coefficient (Wildman–Crippen LogP) is 5.17. The van der Waals surface area contributed by atoms with Gasteiger partial charge in [-0.3, -0.25) is 0 Å². The second-order valence-corrected chi connectivity index (χ2v) is 7.20. The molecule has 2 aromatic rings. The van der Waals surface area contributed by atoms with Crippen LogP contribution in [-0.2, 0) is 22.3 Å². The number of rotatable bonds is 15. The number of benzene rings is 2. The van der Waals surface area contributed by atoms with Crippen LogP contribution in [-0.4, -0.2) is 49.9 Å². The summed E-state index contributed by atoms with van der Waals surface area (Å²) in [5, 5.41) is 16.5. The molecule has 0 heterocycles. The number of aliphatic hydroxyl groups excluding tert-OH is 2. The molecule has 0 fully saturated rings. The van der Waals surface area contributed by atoms with Crippen molar-refractivity contribution in [3.63, 3.8) is 0 Å². The van der Waals surface area contributed by atoms with Gasteiger partial charge in [-0.15, -0.1) is 0 Å². The third-order valence-electron chi connectivity index (χ3n) is 4.61. The molecular weight excluding hydrogens is 392 g/mol. The van der Waals surface area contributed by atoms with E-state index >= 15 is 0 Å². The van der Waals surface area contributed by atoms with E-state index in [0.717, 1.165) is 24.3 Å². The maximum Gasteiger partial charge on any atom is 0.130 e. The lowest BCUT2D eigenvalue weighted by molar-refractivity contribution is 0.0222. The molecule has 0 aliphatic rings. The van der Waals surface area contributed by atoms with E-state index in [1.54, 1.807) is 0 Å². The van der Waals surface area contributed by atoms with Crippen molar-refractivity contribution in [1.82, 2.24) is 0 Å². The maximum atomic E-state index is 8.26. The van der Waals surface area contributed by atoms with Gasteiger partial charge in [-0.1, -0.05) is 63.1 Å². The van der Waals surface area contributed by atoms with Gasteiger partial charge in [0.15, 0.2) is 0 Å². The topological polar surface area (TPSA) is 68.2 Å². The minimum Gasteiger partial charge on any atom is -0.457 e. The molecule has 0 spiro atoms. The highest BCUT2D eigenvalue weighted by molar-refractivity contribution is 5.41. The molecule has 31 heavy (non-hydrogen) atoms. The molecule has 0 bridgehead atoms. The molecule has 5 nitrogen and oxygen atoms in total. The zero-order valence-corrected chi connectivity index (χ0v) is 19.2. The van der Waals surface area contributed by atoms with Gasteiger partial charge in [-0.2, -0.15) is 0 Å². The van der Waals surface area contributed by atoms with Crippen molar-refractivity contribution >= 4 is 0 Å². The van der Waals surface area contributed by atoms with Gasteiger partial charge in [-0.25, -0.2) is 0 Å². The molecule has 2 aromatic carbocycles. The van der Waals surface area contributed by atoms with Crippen molar-refractivity contribution in [2.45, 2.75) is 52.4 Å². The summed E-state index contributed by atoms with van der Waals surface area (Å²) >= 11 is 0. The SMILES string of the molecule is CCCCc1ccccc1Oc1ccccc1CCCC.OCCOCCOCCO. The number of unbranched alkanes of at least 4 members (excludes halogenated alkanes) is 2. The summed E-state index contributed by atoms with van der Waals surface area (Å²) in [4.78, 5) is 0. The van der Waals surface area contributed by atoms with Crippen molar-refractivity contribution in [2.75, 3.05) is 39.6 Å². The Morgan fingerprint density at radius 2 is 1.03 bits per heavy atom. The molecule has 0 saturated carbocycles. The van der Waals surface area contributed by atoms with E-state index in [4.69, 9.17) is 24.4 Å². The van der Waals surface area contributed by atoms with Crippen LogP contribution >= 0.6 is 0 Å². The van der Waals surface area contributed by atoms with E-state index in [9.17, 15) is 0 Å². The van der Waals surface area contributed by atoms with E-state index < -0.39 is 0 Å². The Bertz CT molecular complexity index is 617. The summed E-state index contributed by atoms with van der Waals surface area (Å²) in [6, 6.07) is 16.8. The van der Waals surface area contributed by atoms with Crippen molar-refractivity contribution in [1.29, 1.82) is 0 Å². The Hall–Kier alpha value is -1.92. The summed E-state index contributed by atoms with van der Waals surface area (Å²) in [6.45, 7) is 6.18. The summed E-state index contributed by atoms with van der Waals surface area (Å²) in [5.41, 5.74) is 2.62. The van der Waals surface area contributed by atoms with Gasteiger partial charge in [-0.05, 0) is 48.9 Å². The lowest BCUT2D eigenvalue weighted by atomic mass is 10.1. The van der Waals surface area contributed by atoms with E-state index in [0.29, 0.717) is 26.4 Å². The second-order valence-electron chi connectivity index (χ2n) is 7.20. The van der Waals surface area contributed by atoms with Crippen molar-refractivity contribution in [3.8, 4) is 11.5 Å². The van der Waals surface area contributed by atoms with Gasteiger partial charge in [0.25, 0.3) is 0 Å². The monoisotopic (exact) mass is 432 g/mol. The molecule has 0 amide bonds. The lowest BCUT2D eigenvalue weighted by Gasteiger charge is -2.14. The van der Waals surface area contributed by atoms with Crippen LogP contribution in [0.2, 0.25) is 0 Å². The van der Waals surface area contributed by atoms with Gasteiger partial charge in [0.2, 0.25) is 0 Å². The Balaban J connectivity index is 0.000000407. The van der Waals surface area contributed by atoms with Gasteiger partial charge < -0.3 is 24.4 Å². The van der Waals surface area contributed by atoms with Gasteiger partial charge in [0, 0.05) is 0 Å². The molecular formula is C26H40O5. The second kappa shape index (κ2) is 18.8. The average Bonchev–Trinajstić information content (AvgIpc) is 2.81. The van der Waals surface area contributed by atoms with Crippen molar-refractivity contribution in [3.05, 3.63) is 59.7 Å². The van der Waals surface area contributed by atoms with Crippen LogP contribution in [0.25, 0.3) is 0 Å². The third-order valence-corrected chi connectivity index (χ3v) is 4.61. The smallest absolute Gasteiger partial charge is 0.130 e. The molecule has 0 atom stereocenters. The molecule has 0 unspecified atom stereocenters. The fourth-order valence-electron chi connectivity index (χ4n) is 2.92. The average molecular weight is 433 g/mol. The number of hydrogen-bond acceptors (Lipinski definition) is 5. The predicted molar refractivity (Wildman–Crippen MR) is 126 cm³/mol. The van der Waals surface area contributed by atoms with Crippen LogP contribution in [0.15, 0.2) is 48.5 Å². The Kier molecular flexibility index (Phi) is 16.5. The molecule has 0 aliphatic heterocycles. The standard InChI is InChI=1S/C20H26O.C6H14O4/c1-3-5-11-17-13-7-9-15-19(17)21-20-16-10-8-14-18(20)12-6-4-2;7-1-3-9-5-6-10-4-2-8/h7-10,13-16H,3-6,11-12H2,1-2H3;7-8H,1-6H2. The van der Waals surface area contributed by atoms with Crippen LogP contribution in [0.1, 0.15) is 50.7 Å². The number of ether oxygens (including phenoxy) is 3. The Morgan fingerprint density at radius 3 is 1.42 bits per heavy atom. The first-order valence-corrected chi connectivity index (χ1v) is 11.5. The molecule has 0 aliphatic carbocycles. The van der Waals surface area contributed by atoms with E-state index in [1.165, 1.54) is 36.8 Å². The summed E-state index contributed by atoms with van der Waals surface area (Å²) < 4.78 is 16.0. The van der Waals surface area contributed by atoms with Crippen LogP contribution in [0.3, 0.4) is 0 Å². The van der Waals surface area contributed by atoms with Gasteiger partial charge in [0.1, 0.15) is 11.5 Å². The van der Waals surface area contributed by atoms with E-state index in [-0.39, 0.29) is 13.2 Å². The first-order valence-electron chi connectivity index (χ1n) is 11.5. The number of aryl methyl sites for hydroxylation is 2. The molecule has 0 aromatic heterocycles. The summed E-state index contributed by atoms with van der Waals surface area (Å²) in [6.07, 6.45) is 7.01. The first kappa shape index (κ1) is 27.1. The summed E-state index contributed by atoms with van der Waals surface area (Å²) in [7, 11) is 0. The largest absolute Gasteiger partial charge is 0.457 e. The van der Waals surface area contributed by atoms with Crippen LogP contribution in [0, 0.1) is 0 Å². The normalized spacial score (nSPS) is 10.5. The minimum atomic E-state index is 0.0417.